The monoisotopic (exact) mass is 274 g/mol. The van der Waals surface area contributed by atoms with E-state index < -0.39 is 0 Å². The maximum absolute atomic E-state index is 8.63. The second-order valence-corrected chi connectivity index (χ2v) is 4.88. The largest absolute Gasteiger partial charge is 0.493 e. The minimum absolute atomic E-state index is 0.364. The fourth-order valence-corrected chi connectivity index (χ4v) is 2.59. The van der Waals surface area contributed by atoms with Crippen molar-refractivity contribution in [3.8, 4) is 17.6 Å². The molecule has 2 aromatic rings. The van der Waals surface area contributed by atoms with Crippen molar-refractivity contribution in [1.82, 2.24) is 4.98 Å². The molecule has 0 fully saturated rings. The lowest BCUT2D eigenvalue weighted by Gasteiger charge is -2.08. The van der Waals surface area contributed by atoms with Crippen LogP contribution in [0.1, 0.15) is 16.3 Å². The highest BCUT2D eigenvalue weighted by molar-refractivity contribution is 7.09. The Balaban J connectivity index is 2.16. The molecule has 98 valence electrons. The molecule has 2 rings (SSSR count). The lowest BCUT2D eigenvalue weighted by Crippen LogP contribution is -1.94. The fourth-order valence-electron chi connectivity index (χ4n) is 1.76. The maximum Gasteiger partial charge on any atom is 0.160 e. The van der Waals surface area contributed by atoms with Gasteiger partial charge in [0.25, 0.3) is 0 Å². The second-order valence-electron chi connectivity index (χ2n) is 3.93. The number of nitrogens with zero attached hydrogens (tertiary/aromatic N) is 2. The molecule has 5 heteroatoms. The van der Waals surface area contributed by atoms with Crippen LogP contribution in [0.5, 0.6) is 11.5 Å². The highest BCUT2D eigenvalue weighted by Gasteiger charge is 2.07. The van der Waals surface area contributed by atoms with E-state index in [0.717, 1.165) is 28.4 Å². The van der Waals surface area contributed by atoms with E-state index in [1.54, 1.807) is 25.6 Å². The number of nitriles is 1. The van der Waals surface area contributed by atoms with Crippen molar-refractivity contribution in [2.45, 2.75) is 12.8 Å². The molecule has 0 saturated carbocycles. The first-order chi connectivity index (χ1) is 9.26. The van der Waals surface area contributed by atoms with Crippen LogP contribution in [0, 0.1) is 11.3 Å². The number of hydrogen-bond donors (Lipinski definition) is 0. The normalized spacial score (nSPS) is 9.95. The SMILES string of the molecule is COc1ccc(Cc2nc(CC#N)cs2)cc1OC. The summed E-state index contributed by atoms with van der Waals surface area (Å²) >= 11 is 1.57. The Bertz CT molecular complexity index is 602. The van der Waals surface area contributed by atoms with Gasteiger partial charge in [0.15, 0.2) is 11.5 Å². The van der Waals surface area contributed by atoms with E-state index >= 15 is 0 Å². The van der Waals surface area contributed by atoms with Gasteiger partial charge in [-0.2, -0.15) is 5.26 Å². The summed E-state index contributed by atoms with van der Waals surface area (Å²) < 4.78 is 10.5. The Morgan fingerprint density at radius 1 is 1.26 bits per heavy atom. The summed E-state index contributed by atoms with van der Waals surface area (Å²) in [6, 6.07) is 7.93. The molecule has 1 aromatic heterocycles. The smallest absolute Gasteiger partial charge is 0.160 e. The van der Waals surface area contributed by atoms with Gasteiger partial charge in [0.05, 0.1) is 37.4 Å². The second kappa shape index (κ2) is 6.21. The average Bonchev–Trinajstić information content (AvgIpc) is 2.86. The molecule has 0 amide bonds. The fraction of sp³-hybridized carbons (Fsp3) is 0.286. The Labute approximate surface area is 116 Å². The van der Waals surface area contributed by atoms with Crippen molar-refractivity contribution >= 4 is 11.3 Å². The molecule has 19 heavy (non-hydrogen) atoms. The zero-order valence-corrected chi connectivity index (χ0v) is 11.7. The summed E-state index contributed by atoms with van der Waals surface area (Å²) in [5.41, 5.74) is 1.94. The van der Waals surface area contributed by atoms with Crippen molar-refractivity contribution in [3.63, 3.8) is 0 Å². The highest BCUT2D eigenvalue weighted by Crippen LogP contribution is 2.28. The van der Waals surface area contributed by atoms with Crippen LogP contribution in [0.4, 0.5) is 0 Å². The first-order valence-corrected chi connectivity index (χ1v) is 6.66. The van der Waals surface area contributed by atoms with E-state index in [1.165, 1.54) is 0 Å². The molecule has 0 unspecified atom stereocenters. The van der Waals surface area contributed by atoms with Crippen LogP contribution >= 0.6 is 11.3 Å². The van der Waals surface area contributed by atoms with Crippen LogP contribution in [0.3, 0.4) is 0 Å². The highest BCUT2D eigenvalue weighted by atomic mass is 32.1. The lowest BCUT2D eigenvalue weighted by molar-refractivity contribution is 0.354. The third-order valence-electron chi connectivity index (χ3n) is 2.66. The number of thiazole rings is 1. The molecule has 0 saturated heterocycles. The van der Waals surface area contributed by atoms with Crippen LogP contribution in [0.25, 0.3) is 0 Å². The Kier molecular flexibility index (Phi) is 4.37. The number of aromatic nitrogens is 1. The topological polar surface area (TPSA) is 55.1 Å². The van der Waals surface area contributed by atoms with Gasteiger partial charge in [-0.3, -0.25) is 0 Å². The third kappa shape index (κ3) is 3.24. The van der Waals surface area contributed by atoms with E-state index in [2.05, 4.69) is 11.1 Å². The average molecular weight is 274 g/mol. The summed E-state index contributed by atoms with van der Waals surface area (Å²) in [5.74, 6) is 1.43. The van der Waals surface area contributed by atoms with Gasteiger partial charge in [-0.1, -0.05) is 6.07 Å². The molecule has 0 radical (unpaired) electrons. The number of benzene rings is 1. The predicted octanol–water partition coefficient (Wildman–Crippen LogP) is 2.82. The van der Waals surface area contributed by atoms with Crippen molar-refractivity contribution in [1.29, 1.82) is 5.26 Å². The number of hydrogen-bond acceptors (Lipinski definition) is 5. The standard InChI is InChI=1S/C14H14N2O2S/c1-17-12-4-3-10(7-13(12)18-2)8-14-16-11(5-6-15)9-19-14/h3-4,7,9H,5,8H2,1-2H3. The molecule has 0 aliphatic carbocycles. The quantitative estimate of drug-likeness (QED) is 0.841. The van der Waals surface area contributed by atoms with Gasteiger partial charge < -0.3 is 9.47 Å². The summed E-state index contributed by atoms with van der Waals surface area (Å²) in [6.07, 6.45) is 1.10. The van der Waals surface area contributed by atoms with E-state index in [4.69, 9.17) is 14.7 Å². The molecule has 1 heterocycles. The summed E-state index contributed by atoms with van der Waals surface area (Å²) in [5, 5.41) is 11.6. The zero-order chi connectivity index (χ0) is 13.7. The van der Waals surface area contributed by atoms with Crippen molar-refractivity contribution in [2.75, 3.05) is 14.2 Å². The minimum atomic E-state index is 0.364. The number of methoxy groups -OCH3 is 2. The van der Waals surface area contributed by atoms with Crippen LogP contribution in [-0.4, -0.2) is 19.2 Å². The van der Waals surface area contributed by atoms with Gasteiger partial charge in [-0.15, -0.1) is 11.3 Å². The van der Waals surface area contributed by atoms with Crippen molar-refractivity contribution < 1.29 is 9.47 Å². The molecule has 0 bridgehead atoms. The van der Waals surface area contributed by atoms with Gasteiger partial charge in [0, 0.05) is 11.8 Å². The first-order valence-electron chi connectivity index (χ1n) is 5.78. The number of rotatable bonds is 5. The zero-order valence-electron chi connectivity index (χ0n) is 10.8. The van der Waals surface area contributed by atoms with Crippen LogP contribution in [-0.2, 0) is 12.8 Å². The molecule has 0 spiro atoms. The van der Waals surface area contributed by atoms with Crippen LogP contribution < -0.4 is 9.47 Å². The maximum atomic E-state index is 8.63. The third-order valence-corrected chi connectivity index (χ3v) is 3.56. The Morgan fingerprint density at radius 3 is 2.74 bits per heavy atom. The van der Waals surface area contributed by atoms with Crippen molar-refractivity contribution in [3.05, 3.63) is 39.8 Å². The summed E-state index contributed by atoms with van der Waals surface area (Å²) in [7, 11) is 3.24. The van der Waals surface area contributed by atoms with Crippen LogP contribution in [0.2, 0.25) is 0 Å². The van der Waals surface area contributed by atoms with Crippen molar-refractivity contribution in [2.24, 2.45) is 0 Å². The molecule has 4 nitrogen and oxygen atoms in total. The Morgan fingerprint density at radius 2 is 2.05 bits per heavy atom. The molecule has 0 aliphatic rings. The lowest BCUT2D eigenvalue weighted by atomic mass is 10.1. The number of ether oxygens (including phenoxy) is 2. The molecule has 0 aliphatic heterocycles. The molecule has 1 aromatic carbocycles. The van der Waals surface area contributed by atoms with Gasteiger partial charge in [0.1, 0.15) is 0 Å². The van der Waals surface area contributed by atoms with Gasteiger partial charge in [-0.25, -0.2) is 4.98 Å². The molecular formula is C14H14N2O2S. The Hall–Kier alpha value is -2.06. The van der Waals surface area contributed by atoms with Gasteiger partial charge >= 0.3 is 0 Å². The van der Waals surface area contributed by atoms with Gasteiger partial charge in [-0.05, 0) is 17.7 Å². The molecular weight excluding hydrogens is 260 g/mol. The predicted molar refractivity (Wildman–Crippen MR) is 73.8 cm³/mol. The van der Waals surface area contributed by atoms with E-state index in [1.807, 2.05) is 23.6 Å². The molecule has 0 N–H and O–H groups in total. The van der Waals surface area contributed by atoms with E-state index in [9.17, 15) is 0 Å². The van der Waals surface area contributed by atoms with E-state index in [0.29, 0.717) is 12.2 Å². The first kappa shape index (κ1) is 13.4. The van der Waals surface area contributed by atoms with E-state index in [-0.39, 0.29) is 0 Å². The summed E-state index contributed by atoms with van der Waals surface area (Å²) in [6.45, 7) is 0. The van der Waals surface area contributed by atoms with Gasteiger partial charge in [0.2, 0.25) is 0 Å². The molecule has 0 atom stereocenters. The van der Waals surface area contributed by atoms with Crippen LogP contribution in [0.15, 0.2) is 23.6 Å². The summed E-state index contributed by atoms with van der Waals surface area (Å²) in [4.78, 5) is 4.42. The minimum Gasteiger partial charge on any atom is -0.493 e.